The average Bonchev–Trinajstić information content (AvgIpc) is 2.41. The van der Waals surface area contributed by atoms with Crippen molar-refractivity contribution in [3.05, 3.63) is 31.9 Å². The van der Waals surface area contributed by atoms with E-state index in [-0.39, 0.29) is 16.7 Å². The van der Waals surface area contributed by atoms with Gasteiger partial charge in [0, 0.05) is 35.3 Å². The van der Waals surface area contributed by atoms with E-state index >= 15 is 0 Å². The molecule has 20 heavy (non-hydrogen) atoms. The fourth-order valence-corrected chi connectivity index (χ4v) is 2.73. The number of anilines is 1. The first kappa shape index (κ1) is 15.5. The van der Waals surface area contributed by atoms with E-state index in [0.29, 0.717) is 5.69 Å². The normalized spacial score (nSPS) is 17.7. The summed E-state index contributed by atoms with van der Waals surface area (Å²) in [5.74, 6) is 0. The number of benzene rings is 1. The van der Waals surface area contributed by atoms with Crippen molar-refractivity contribution in [3.8, 4) is 0 Å². The molecular weight excluding hydrogens is 373 g/mol. The summed E-state index contributed by atoms with van der Waals surface area (Å²) in [6.07, 6.45) is 0. The van der Waals surface area contributed by atoms with Crippen LogP contribution in [0.1, 0.15) is 6.92 Å². The number of halogens is 1. The van der Waals surface area contributed by atoms with Gasteiger partial charge in [-0.05, 0) is 41.6 Å². The molecule has 1 N–H and O–H groups in total. The van der Waals surface area contributed by atoms with Crippen LogP contribution >= 0.6 is 22.6 Å². The van der Waals surface area contributed by atoms with Crippen LogP contribution in [0.25, 0.3) is 0 Å². The van der Waals surface area contributed by atoms with Gasteiger partial charge in [-0.15, -0.1) is 0 Å². The van der Waals surface area contributed by atoms with Gasteiger partial charge in [-0.25, -0.2) is 0 Å². The van der Waals surface area contributed by atoms with Crippen molar-refractivity contribution in [1.29, 1.82) is 0 Å². The van der Waals surface area contributed by atoms with E-state index in [4.69, 9.17) is 4.74 Å². The lowest BCUT2D eigenvalue weighted by molar-refractivity contribution is -0.384. The van der Waals surface area contributed by atoms with Crippen LogP contribution < -0.4 is 5.32 Å². The number of hydrogen-bond donors (Lipinski definition) is 1. The minimum atomic E-state index is -0.341. The summed E-state index contributed by atoms with van der Waals surface area (Å²) < 4.78 is 6.17. The van der Waals surface area contributed by atoms with Crippen LogP contribution in [0.5, 0.6) is 0 Å². The van der Waals surface area contributed by atoms with E-state index in [1.807, 2.05) is 13.0 Å². The summed E-state index contributed by atoms with van der Waals surface area (Å²) in [6, 6.07) is 5.38. The van der Waals surface area contributed by atoms with Gasteiger partial charge in [0.05, 0.1) is 18.1 Å². The smallest absolute Gasteiger partial charge is 0.293 e. The third kappa shape index (κ3) is 4.29. The van der Waals surface area contributed by atoms with Crippen molar-refractivity contribution in [3.63, 3.8) is 0 Å². The summed E-state index contributed by atoms with van der Waals surface area (Å²) in [6.45, 7) is 6.25. The molecule has 0 spiro atoms. The quantitative estimate of drug-likeness (QED) is 0.474. The molecule has 1 aromatic rings. The molecule has 0 radical (unpaired) electrons. The van der Waals surface area contributed by atoms with E-state index in [1.54, 1.807) is 12.1 Å². The Kier molecular flexibility index (Phi) is 5.55. The summed E-state index contributed by atoms with van der Waals surface area (Å²) in [5.41, 5.74) is 0.710. The molecule has 1 atom stereocenters. The lowest BCUT2D eigenvalue weighted by atomic mass is 10.2. The molecule has 0 aliphatic carbocycles. The van der Waals surface area contributed by atoms with Gasteiger partial charge in [-0.1, -0.05) is 0 Å². The highest BCUT2D eigenvalue weighted by atomic mass is 127. The average molecular weight is 391 g/mol. The highest BCUT2D eigenvalue weighted by Crippen LogP contribution is 2.26. The molecule has 1 aromatic carbocycles. The number of nitrogens with one attached hydrogen (secondary N) is 1. The molecule has 0 amide bonds. The van der Waals surface area contributed by atoms with Crippen molar-refractivity contribution in [2.24, 2.45) is 0 Å². The number of ether oxygens (including phenoxy) is 1. The molecule has 0 saturated carbocycles. The number of nitro benzene ring substituents is 1. The SMILES string of the molecule is CC(CN1CCOCC1)Nc1ccc(I)cc1[N+](=O)[O-]. The van der Waals surface area contributed by atoms with Crippen LogP contribution in [0.2, 0.25) is 0 Å². The van der Waals surface area contributed by atoms with Gasteiger partial charge >= 0.3 is 0 Å². The zero-order chi connectivity index (χ0) is 14.5. The lowest BCUT2D eigenvalue weighted by Gasteiger charge is -2.29. The molecule has 1 saturated heterocycles. The van der Waals surface area contributed by atoms with Crippen molar-refractivity contribution in [1.82, 2.24) is 4.90 Å². The van der Waals surface area contributed by atoms with Gasteiger partial charge in [0.2, 0.25) is 0 Å². The minimum Gasteiger partial charge on any atom is -0.379 e. The number of nitrogens with zero attached hydrogens (tertiary/aromatic N) is 2. The molecule has 6 nitrogen and oxygen atoms in total. The van der Waals surface area contributed by atoms with Crippen LogP contribution in [0.3, 0.4) is 0 Å². The molecule has 1 aliphatic heterocycles. The highest BCUT2D eigenvalue weighted by molar-refractivity contribution is 14.1. The monoisotopic (exact) mass is 391 g/mol. The molecular formula is C13H18IN3O3. The van der Waals surface area contributed by atoms with Gasteiger partial charge in [-0.3, -0.25) is 15.0 Å². The Morgan fingerprint density at radius 1 is 1.50 bits per heavy atom. The van der Waals surface area contributed by atoms with E-state index in [1.165, 1.54) is 0 Å². The van der Waals surface area contributed by atoms with E-state index in [0.717, 1.165) is 36.4 Å². The number of nitro groups is 1. The molecule has 1 heterocycles. The summed E-state index contributed by atoms with van der Waals surface area (Å²) >= 11 is 2.08. The molecule has 0 aromatic heterocycles. The zero-order valence-corrected chi connectivity index (χ0v) is 13.5. The van der Waals surface area contributed by atoms with E-state index in [9.17, 15) is 10.1 Å². The predicted octanol–water partition coefficient (Wildman–Crippen LogP) is 2.33. The molecule has 1 unspecified atom stereocenters. The van der Waals surface area contributed by atoms with E-state index < -0.39 is 0 Å². The minimum absolute atomic E-state index is 0.130. The van der Waals surface area contributed by atoms with Gasteiger partial charge in [-0.2, -0.15) is 0 Å². The Bertz CT molecular complexity index is 478. The second-order valence-corrected chi connectivity index (χ2v) is 6.12. The third-order valence-corrected chi connectivity index (χ3v) is 3.87. The maximum atomic E-state index is 11.1. The molecule has 1 aliphatic rings. The Morgan fingerprint density at radius 3 is 2.85 bits per heavy atom. The Morgan fingerprint density at radius 2 is 2.20 bits per heavy atom. The fourth-order valence-electron chi connectivity index (χ4n) is 2.26. The standard InChI is InChI=1S/C13H18IN3O3/c1-10(9-16-4-6-20-7-5-16)15-12-3-2-11(14)8-13(12)17(18)19/h2-3,8,10,15H,4-7,9H2,1H3. The first-order valence-corrected chi connectivity index (χ1v) is 7.64. The second-order valence-electron chi connectivity index (χ2n) is 4.88. The maximum Gasteiger partial charge on any atom is 0.293 e. The molecule has 0 bridgehead atoms. The maximum absolute atomic E-state index is 11.1. The molecule has 7 heteroatoms. The van der Waals surface area contributed by atoms with Crippen molar-refractivity contribution in [2.75, 3.05) is 38.2 Å². The van der Waals surface area contributed by atoms with Gasteiger partial charge < -0.3 is 10.1 Å². The van der Waals surface area contributed by atoms with Gasteiger partial charge in [0.25, 0.3) is 5.69 Å². The molecule has 2 rings (SSSR count). The van der Waals surface area contributed by atoms with Crippen molar-refractivity contribution in [2.45, 2.75) is 13.0 Å². The third-order valence-electron chi connectivity index (χ3n) is 3.19. The Hall–Kier alpha value is -0.930. The Labute approximate surface area is 131 Å². The molecule has 110 valence electrons. The fraction of sp³-hybridized carbons (Fsp3) is 0.538. The van der Waals surface area contributed by atoms with Crippen LogP contribution in [0.4, 0.5) is 11.4 Å². The van der Waals surface area contributed by atoms with Crippen molar-refractivity contribution >= 4 is 34.0 Å². The number of rotatable bonds is 5. The second kappa shape index (κ2) is 7.19. The van der Waals surface area contributed by atoms with Crippen LogP contribution in [0, 0.1) is 13.7 Å². The zero-order valence-electron chi connectivity index (χ0n) is 11.3. The number of morpholine rings is 1. The lowest BCUT2D eigenvalue weighted by Crippen LogP contribution is -2.42. The first-order valence-electron chi connectivity index (χ1n) is 6.57. The number of hydrogen-bond acceptors (Lipinski definition) is 5. The molecule has 1 fully saturated rings. The first-order chi connectivity index (χ1) is 9.56. The van der Waals surface area contributed by atoms with Crippen LogP contribution in [-0.2, 0) is 4.74 Å². The topological polar surface area (TPSA) is 67.6 Å². The van der Waals surface area contributed by atoms with Gasteiger partial charge in [0.1, 0.15) is 5.69 Å². The summed E-state index contributed by atoms with van der Waals surface area (Å²) in [7, 11) is 0. The summed E-state index contributed by atoms with van der Waals surface area (Å²) in [4.78, 5) is 13.0. The van der Waals surface area contributed by atoms with E-state index in [2.05, 4.69) is 32.8 Å². The summed E-state index contributed by atoms with van der Waals surface area (Å²) in [5, 5.41) is 14.3. The predicted molar refractivity (Wildman–Crippen MR) is 86.2 cm³/mol. The van der Waals surface area contributed by atoms with Crippen molar-refractivity contribution < 1.29 is 9.66 Å². The largest absolute Gasteiger partial charge is 0.379 e. The van der Waals surface area contributed by atoms with Crippen LogP contribution in [0.15, 0.2) is 18.2 Å². The van der Waals surface area contributed by atoms with Gasteiger partial charge in [0.15, 0.2) is 0 Å². The highest BCUT2D eigenvalue weighted by Gasteiger charge is 2.18. The van der Waals surface area contributed by atoms with Crippen LogP contribution in [-0.4, -0.2) is 48.7 Å². The Balaban J connectivity index is 1.99.